The Bertz CT molecular complexity index is 958. The number of hydrogen-bond acceptors (Lipinski definition) is 2. The molecule has 0 fully saturated rings. The summed E-state index contributed by atoms with van der Waals surface area (Å²) < 4.78 is 6.94. The monoisotopic (exact) mass is 423 g/mol. The van der Waals surface area contributed by atoms with Crippen molar-refractivity contribution in [2.75, 3.05) is 0 Å². The van der Waals surface area contributed by atoms with Gasteiger partial charge in [0.1, 0.15) is 13.7 Å². The van der Waals surface area contributed by atoms with Crippen molar-refractivity contribution in [1.82, 2.24) is 0 Å². The van der Waals surface area contributed by atoms with Crippen LogP contribution in [0.1, 0.15) is 29.5 Å². The van der Waals surface area contributed by atoms with Crippen molar-refractivity contribution in [3.8, 4) is 17.5 Å². The van der Waals surface area contributed by atoms with E-state index in [1.54, 1.807) is 0 Å². The van der Waals surface area contributed by atoms with Gasteiger partial charge in [-0.3, -0.25) is 0 Å². The Labute approximate surface area is 187 Å². The molecule has 0 aliphatic carbocycles. The van der Waals surface area contributed by atoms with Gasteiger partial charge in [-0.15, -0.1) is 11.5 Å². The standard InChI is InChI=1S/C28H29NOSi/c1-31(2,3)23-13-20-27(21-22-29)30-28(24-14-7-4-8-15-24,25-16-9-5-10-17-25)26-18-11-6-12-19-26/h4-12,14-19,27H,20-21H2,1-3H3/t27-/m0/s1. The molecule has 0 amide bonds. The van der Waals surface area contributed by atoms with E-state index in [-0.39, 0.29) is 12.5 Å². The molecule has 2 nitrogen and oxygen atoms in total. The Hall–Kier alpha value is -3.11. The molecule has 0 spiro atoms. The molecule has 0 bridgehead atoms. The number of nitrogens with zero attached hydrogens (tertiary/aromatic N) is 1. The third-order valence-electron chi connectivity index (χ3n) is 5.00. The molecule has 156 valence electrons. The SMILES string of the molecule is C[Si](C)(C)C#CC[C@@H](CC#N)OC(c1ccccc1)(c1ccccc1)c1ccccc1. The van der Waals surface area contributed by atoms with Crippen LogP contribution < -0.4 is 0 Å². The van der Waals surface area contributed by atoms with Crippen molar-refractivity contribution >= 4 is 8.07 Å². The van der Waals surface area contributed by atoms with Crippen LogP contribution in [-0.2, 0) is 10.3 Å². The van der Waals surface area contributed by atoms with Gasteiger partial charge in [-0.1, -0.05) is 111 Å². The van der Waals surface area contributed by atoms with E-state index in [1.165, 1.54) is 0 Å². The number of nitriles is 1. The second-order valence-electron chi connectivity index (χ2n) is 8.64. The fourth-order valence-corrected chi connectivity index (χ4v) is 4.29. The largest absolute Gasteiger partial charge is 0.356 e. The highest BCUT2D eigenvalue weighted by atomic mass is 28.3. The fraction of sp³-hybridized carbons (Fsp3) is 0.250. The minimum Gasteiger partial charge on any atom is -0.356 e. The molecule has 0 N–H and O–H groups in total. The number of benzene rings is 3. The van der Waals surface area contributed by atoms with E-state index < -0.39 is 13.7 Å². The molecule has 0 aliphatic heterocycles. The van der Waals surface area contributed by atoms with Crippen LogP contribution in [0.4, 0.5) is 0 Å². The molecule has 3 heteroatoms. The maximum atomic E-state index is 9.53. The molecule has 0 radical (unpaired) electrons. The lowest BCUT2D eigenvalue weighted by atomic mass is 9.79. The summed E-state index contributed by atoms with van der Waals surface area (Å²) in [7, 11) is -1.50. The van der Waals surface area contributed by atoms with Crippen LogP contribution in [0.2, 0.25) is 19.6 Å². The summed E-state index contributed by atoms with van der Waals surface area (Å²) >= 11 is 0. The van der Waals surface area contributed by atoms with Gasteiger partial charge >= 0.3 is 0 Å². The van der Waals surface area contributed by atoms with Crippen LogP contribution in [0.15, 0.2) is 91.0 Å². The summed E-state index contributed by atoms with van der Waals surface area (Å²) in [5, 5.41) is 9.53. The lowest BCUT2D eigenvalue weighted by Gasteiger charge is -2.38. The van der Waals surface area contributed by atoms with Crippen molar-refractivity contribution < 1.29 is 4.74 Å². The summed E-state index contributed by atoms with van der Waals surface area (Å²) in [6.07, 6.45) is 0.509. The Morgan fingerprint density at radius 1 is 0.742 bits per heavy atom. The molecule has 31 heavy (non-hydrogen) atoms. The first-order chi connectivity index (χ1) is 15.0. The highest BCUT2D eigenvalue weighted by Crippen LogP contribution is 2.42. The van der Waals surface area contributed by atoms with E-state index >= 15 is 0 Å². The van der Waals surface area contributed by atoms with Crippen LogP contribution in [-0.4, -0.2) is 14.2 Å². The predicted molar refractivity (Wildman–Crippen MR) is 130 cm³/mol. The van der Waals surface area contributed by atoms with Gasteiger partial charge in [0, 0.05) is 6.42 Å². The number of hydrogen-bond donors (Lipinski definition) is 0. The van der Waals surface area contributed by atoms with Crippen molar-refractivity contribution in [3.63, 3.8) is 0 Å². The molecule has 0 aromatic heterocycles. The van der Waals surface area contributed by atoms with E-state index in [0.717, 1.165) is 16.7 Å². The summed E-state index contributed by atoms with van der Waals surface area (Å²) in [6, 6.07) is 33.1. The minimum atomic E-state index is -1.50. The maximum absolute atomic E-state index is 9.53. The van der Waals surface area contributed by atoms with Gasteiger partial charge in [0.2, 0.25) is 0 Å². The van der Waals surface area contributed by atoms with Gasteiger partial charge in [0.25, 0.3) is 0 Å². The minimum absolute atomic E-state index is 0.286. The number of rotatable bonds is 7. The third-order valence-corrected chi connectivity index (χ3v) is 5.92. The first-order valence-corrected chi connectivity index (χ1v) is 14.2. The second kappa shape index (κ2) is 10.3. The van der Waals surface area contributed by atoms with Gasteiger partial charge in [0.05, 0.1) is 18.6 Å². The van der Waals surface area contributed by atoms with Gasteiger partial charge in [-0.2, -0.15) is 5.26 Å². The summed E-state index contributed by atoms with van der Waals surface area (Å²) in [5.41, 5.74) is 5.69. The summed E-state index contributed by atoms with van der Waals surface area (Å²) in [5.74, 6) is 3.32. The quantitative estimate of drug-likeness (QED) is 0.245. The normalized spacial score (nSPS) is 12.3. The molecule has 3 aromatic carbocycles. The zero-order valence-electron chi connectivity index (χ0n) is 18.5. The van der Waals surface area contributed by atoms with Crippen LogP contribution in [0.3, 0.4) is 0 Å². The van der Waals surface area contributed by atoms with E-state index in [2.05, 4.69) is 73.6 Å². The van der Waals surface area contributed by atoms with E-state index in [0.29, 0.717) is 6.42 Å². The third kappa shape index (κ3) is 5.73. The van der Waals surface area contributed by atoms with Crippen molar-refractivity contribution in [3.05, 3.63) is 108 Å². The molecular formula is C28H29NOSi. The average Bonchev–Trinajstić information content (AvgIpc) is 2.78. The van der Waals surface area contributed by atoms with Crippen molar-refractivity contribution in [1.29, 1.82) is 5.26 Å². The number of ether oxygens (including phenoxy) is 1. The topological polar surface area (TPSA) is 33.0 Å². The molecule has 0 heterocycles. The lowest BCUT2D eigenvalue weighted by Crippen LogP contribution is -2.37. The van der Waals surface area contributed by atoms with E-state index in [1.807, 2.05) is 54.6 Å². The maximum Gasteiger partial charge on any atom is 0.144 e. The Morgan fingerprint density at radius 2 is 1.16 bits per heavy atom. The Kier molecular flexibility index (Phi) is 7.48. The van der Waals surface area contributed by atoms with Crippen LogP contribution in [0.5, 0.6) is 0 Å². The Balaban J connectivity index is 2.16. The molecule has 3 rings (SSSR count). The molecule has 0 aliphatic rings. The van der Waals surface area contributed by atoms with E-state index in [4.69, 9.17) is 4.74 Å². The zero-order valence-corrected chi connectivity index (χ0v) is 19.5. The van der Waals surface area contributed by atoms with E-state index in [9.17, 15) is 5.26 Å². The predicted octanol–water partition coefficient (Wildman–Crippen LogP) is 6.55. The van der Waals surface area contributed by atoms with Gasteiger partial charge in [-0.25, -0.2) is 0 Å². The molecule has 0 saturated heterocycles. The van der Waals surface area contributed by atoms with Crippen LogP contribution in [0, 0.1) is 22.8 Å². The van der Waals surface area contributed by atoms with Gasteiger partial charge < -0.3 is 4.74 Å². The highest BCUT2D eigenvalue weighted by molar-refractivity contribution is 6.83. The first kappa shape index (κ1) is 22.6. The van der Waals surface area contributed by atoms with Gasteiger partial charge in [0.15, 0.2) is 0 Å². The van der Waals surface area contributed by atoms with Gasteiger partial charge in [-0.05, 0) is 16.7 Å². The highest BCUT2D eigenvalue weighted by Gasteiger charge is 2.39. The summed E-state index contributed by atoms with van der Waals surface area (Å²) in [4.78, 5) is 0. The lowest BCUT2D eigenvalue weighted by molar-refractivity contribution is -0.0424. The fourth-order valence-electron chi connectivity index (χ4n) is 3.66. The smallest absolute Gasteiger partial charge is 0.144 e. The van der Waals surface area contributed by atoms with Crippen molar-refractivity contribution in [2.24, 2.45) is 0 Å². The molecule has 1 atom stereocenters. The zero-order chi connectivity index (χ0) is 22.2. The molecule has 3 aromatic rings. The Morgan fingerprint density at radius 3 is 1.52 bits per heavy atom. The van der Waals surface area contributed by atoms with Crippen LogP contribution in [0.25, 0.3) is 0 Å². The molecular weight excluding hydrogens is 394 g/mol. The molecule has 0 saturated carbocycles. The molecule has 0 unspecified atom stereocenters. The summed E-state index contributed by atoms with van der Waals surface area (Å²) in [6.45, 7) is 6.67. The van der Waals surface area contributed by atoms with Crippen LogP contribution >= 0.6 is 0 Å². The first-order valence-electron chi connectivity index (χ1n) is 10.7. The van der Waals surface area contributed by atoms with Crippen molar-refractivity contribution in [2.45, 2.75) is 44.2 Å². The average molecular weight is 424 g/mol. The second-order valence-corrected chi connectivity index (χ2v) is 13.4.